The van der Waals surface area contributed by atoms with E-state index in [4.69, 9.17) is 0 Å². The van der Waals surface area contributed by atoms with Gasteiger partial charge >= 0.3 is 0 Å². The maximum Gasteiger partial charge on any atom is 0.0783 e. The zero-order valence-electron chi connectivity index (χ0n) is 16.0. The van der Waals surface area contributed by atoms with Crippen molar-refractivity contribution in [1.29, 1.82) is 0 Å². The Hall–Kier alpha value is -2.77. The molecule has 0 amide bonds. The van der Waals surface area contributed by atoms with Crippen molar-refractivity contribution in [2.45, 2.75) is 19.6 Å². The van der Waals surface area contributed by atoms with Gasteiger partial charge in [0.25, 0.3) is 0 Å². The number of hydrogen-bond acceptors (Lipinski definition) is 0. The molecule has 0 nitrogen and oxygen atoms in total. The minimum absolute atomic E-state index is 1.22. The van der Waals surface area contributed by atoms with E-state index in [-0.39, 0.29) is 0 Å². The summed E-state index contributed by atoms with van der Waals surface area (Å²) in [6.07, 6.45) is 4.70. The van der Waals surface area contributed by atoms with E-state index < -0.39 is 8.07 Å². The monoisotopic (exact) mass is 361 g/mol. The molecule has 0 heterocycles. The van der Waals surface area contributed by atoms with E-state index in [0.717, 1.165) is 0 Å². The second-order valence-electron chi connectivity index (χ2n) is 8.99. The molecule has 1 aliphatic carbocycles. The third kappa shape index (κ3) is 1.90. The van der Waals surface area contributed by atoms with Gasteiger partial charge in [0.15, 0.2) is 0 Å². The highest BCUT2D eigenvalue weighted by molar-refractivity contribution is 6.88. The molecule has 0 spiro atoms. The zero-order valence-corrected chi connectivity index (χ0v) is 17.0. The summed E-state index contributed by atoms with van der Waals surface area (Å²) < 4.78 is 0. The molecule has 130 valence electrons. The van der Waals surface area contributed by atoms with E-state index in [1.165, 1.54) is 64.6 Å². The number of rotatable bonds is 1. The van der Waals surface area contributed by atoms with Gasteiger partial charge in [-0.15, -0.1) is 29.7 Å². The maximum absolute atomic E-state index is 4.35. The van der Waals surface area contributed by atoms with Gasteiger partial charge in [0.2, 0.25) is 0 Å². The largest absolute Gasteiger partial charge is 0.125 e. The first kappa shape index (κ1) is 15.3. The average molecular weight is 362 g/mol. The van der Waals surface area contributed by atoms with Crippen LogP contribution in [-0.4, -0.2) is 8.07 Å². The first-order valence-electron chi connectivity index (χ1n) is 9.65. The molecule has 0 aliphatic heterocycles. The van der Waals surface area contributed by atoms with Crippen LogP contribution in [-0.2, 0) is 0 Å². The van der Waals surface area contributed by atoms with Crippen molar-refractivity contribution in [3.8, 4) is 0 Å². The SMILES string of the molecule is C=c1cc2c(cc1[Si](C)(C)C)c1cc3c4c(c3cc21)[CH-]c1ccccc1C=4. The Morgan fingerprint density at radius 2 is 1.44 bits per heavy atom. The molecule has 0 atom stereocenters. The molecule has 5 aromatic carbocycles. The van der Waals surface area contributed by atoms with E-state index >= 15 is 0 Å². The molecular formula is C26H21Si-. The first-order valence-corrected chi connectivity index (χ1v) is 13.1. The van der Waals surface area contributed by atoms with Gasteiger partial charge in [-0.3, -0.25) is 0 Å². The fourth-order valence-electron chi connectivity index (χ4n) is 4.84. The summed E-state index contributed by atoms with van der Waals surface area (Å²) >= 11 is 0. The van der Waals surface area contributed by atoms with E-state index in [2.05, 4.69) is 87.2 Å². The van der Waals surface area contributed by atoms with Crippen molar-refractivity contribution in [3.05, 3.63) is 82.1 Å². The summed E-state index contributed by atoms with van der Waals surface area (Å²) in [5.41, 5.74) is 4.05. The smallest absolute Gasteiger partial charge is 0.0783 e. The van der Waals surface area contributed by atoms with E-state index in [9.17, 15) is 0 Å². The molecule has 0 N–H and O–H groups in total. The van der Waals surface area contributed by atoms with Crippen molar-refractivity contribution in [2.24, 2.45) is 0 Å². The molecule has 1 aliphatic rings. The molecule has 0 aromatic heterocycles. The van der Waals surface area contributed by atoms with Crippen LogP contribution < -0.4 is 15.6 Å². The maximum atomic E-state index is 4.35. The molecule has 0 fully saturated rings. The van der Waals surface area contributed by atoms with Gasteiger partial charge in [-0.05, 0) is 32.8 Å². The van der Waals surface area contributed by atoms with Crippen molar-refractivity contribution in [2.75, 3.05) is 0 Å². The highest BCUT2D eigenvalue weighted by Gasteiger charge is 2.21. The summed E-state index contributed by atoms with van der Waals surface area (Å²) in [6.45, 7) is 11.6. The lowest BCUT2D eigenvalue weighted by atomic mass is 9.81. The Morgan fingerprint density at radius 3 is 2.22 bits per heavy atom. The zero-order chi connectivity index (χ0) is 18.5. The lowest BCUT2D eigenvalue weighted by molar-refractivity contribution is 1.37. The highest BCUT2D eigenvalue weighted by Crippen LogP contribution is 2.39. The highest BCUT2D eigenvalue weighted by atomic mass is 28.3. The Morgan fingerprint density at radius 1 is 0.778 bits per heavy atom. The Kier molecular flexibility index (Phi) is 2.68. The summed E-state index contributed by atoms with van der Waals surface area (Å²) in [5, 5.41) is 12.5. The van der Waals surface area contributed by atoms with Crippen LogP contribution in [0, 0.1) is 6.42 Å². The van der Waals surface area contributed by atoms with Crippen molar-refractivity contribution in [3.63, 3.8) is 0 Å². The summed E-state index contributed by atoms with van der Waals surface area (Å²) in [5.74, 6) is 0. The fourth-order valence-corrected chi connectivity index (χ4v) is 6.45. The van der Waals surface area contributed by atoms with Gasteiger partial charge in [-0.1, -0.05) is 89.4 Å². The third-order valence-electron chi connectivity index (χ3n) is 6.26. The van der Waals surface area contributed by atoms with Crippen LogP contribution in [0.4, 0.5) is 0 Å². The van der Waals surface area contributed by atoms with Crippen LogP contribution in [0.3, 0.4) is 0 Å². The van der Waals surface area contributed by atoms with Crippen LogP contribution in [0.5, 0.6) is 0 Å². The van der Waals surface area contributed by atoms with Gasteiger partial charge in [-0.25, -0.2) is 0 Å². The molecule has 1 heteroatoms. The normalized spacial score (nSPS) is 13.7. The summed E-state index contributed by atoms with van der Waals surface area (Å²) in [6, 6.07) is 18.2. The van der Waals surface area contributed by atoms with Gasteiger partial charge in [0.05, 0.1) is 8.07 Å². The minimum atomic E-state index is -1.38. The molecule has 5 aromatic rings. The molecular weight excluding hydrogens is 340 g/mol. The van der Waals surface area contributed by atoms with Crippen molar-refractivity contribution >= 4 is 58.2 Å². The second-order valence-corrected chi connectivity index (χ2v) is 14.0. The minimum Gasteiger partial charge on any atom is -0.125 e. The van der Waals surface area contributed by atoms with Gasteiger partial charge in [0.1, 0.15) is 0 Å². The molecule has 0 bridgehead atoms. The van der Waals surface area contributed by atoms with Gasteiger partial charge < -0.3 is 0 Å². The van der Waals surface area contributed by atoms with Crippen LogP contribution >= 0.6 is 0 Å². The van der Waals surface area contributed by atoms with Gasteiger partial charge in [0, 0.05) is 0 Å². The third-order valence-corrected chi connectivity index (χ3v) is 8.34. The van der Waals surface area contributed by atoms with Crippen LogP contribution in [0.1, 0.15) is 16.7 Å². The average Bonchev–Trinajstić information content (AvgIpc) is 2.62. The van der Waals surface area contributed by atoms with E-state index in [0.29, 0.717) is 0 Å². The van der Waals surface area contributed by atoms with Crippen LogP contribution in [0.15, 0.2) is 48.5 Å². The number of benzene rings is 3. The molecule has 0 saturated heterocycles. The summed E-state index contributed by atoms with van der Waals surface area (Å²) in [4.78, 5) is 0. The predicted octanol–water partition coefficient (Wildman–Crippen LogP) is 4.72. The number of hydrogen-bond donors (Lipinski definition) is 0. The fraction of sp³-hybridized carbons (Fsp3) is 0.115. The van der Waals surface area contributed by atoms with Crippen LogP contribution in [0.2, 0.25) is 19.6 Å². The van der Waals surface area contributed by atoms with E-state index in [1.807, 2.05) is 0 Å². The molecule has 0 radical (unpaired) electrons. The lowest BCUT2D eigenvalue weighted by Crippen LogP contribution is -2.46. The second kappa shape index (κ2) is 4.74. The Labute approximate surface area is 160 Å². The first-order chi connectivity index (χ1) is 12.9. The molecule has 27 heavy (non-hydrogen) atoms. The Bertz CT molecular complexity index is 1480. The predicted molar refractivity (Wildman–Crippen MR) is 122 cm³/mol. The van der Waals surface area contributed by atoms with Crippen molar-refractivity contribution < 1.29 is 0 Å². The molecule has 6 rings (SSSR count). The standard InChI is InChI=1S/C26H21Si/c1-15-9-18-21-12-22-19-10-16-7-5-6-8-17(16)11-20(19)23(22)13-24(21)25(18)14-26(15)27(2,3)4/h5-14H,1H2,2-4H3/q-1. The van der Waals surface area contributed by atoms with Gasteiger partial charge in [-0.2, -0.15) is 0 Å². The topological polar surface area (TPSA) is 0 Å². The molecule has 0 saturated carbocycles. The van der Waals surface area contributed by atoms with E-state index in [1.54, 1.807) is 0 Å². The van der Waals surface area contributed by atoms with Crippen LogP contribution in [0.25, 0.3) is 45.0 Å². The summed E-state index contributed by atoms with van der Waals surface area (Å²) in [7, 11) is -1.38. The Balaban J connectivity index is 1.64. The number of fused-ring (bicyclic) bond motifs is 9. The lowest BCUT2D eigenvalue weighted by Gasteiger charge is -2.29. The van der Waals surface area contributed by atoms with Crippen molar-refractivity contribution in [1.82, 2.24) is 0 Å². The quantitative estimate of drug-likeness (QED) is 0.294. The molecule has 0 unspecified atom stereocenters.